The van der Waals surface area contributed by atoms with Gasteiger partial charge in [0.05, 0.1) is 12.3 Å². The number of hydrogen-bond donors (Lipinski definition) is 2. The molecule has 0 aromatic heterocycles. The SMILES string of the molecule is NCCCOc1ccc(Cl)cc1N. The van der Waals surface area contributed by atoms with E-state index in [0.29, 0.717) is 29.6 Å². The summed E-state index contributed by atoms with van der Waals surface area (Å²) in [6, 6.07) is 5.17. The van der Waals surface area contributed by atoms with Crippen LogP contribution in [0.2, 0.25) is 5.02 Å². The van der Waals surface area contributed by atoms with Crippen LogP contribution < -0.4 is 16.2 Å². The van der Waals surface area contributed by atoms with E-state index in [1.807, 2.05) is 0 Å². The highest BCUT2D eigenvalue weighted by atomic mass is 35.5. The molecule has 0 saturated heterocycles. The molecule has 1 rings (SSSR count). The number of benzene rings is 1. The Labute approximate surface area is 82.6 Å². The molecule has 4 N–H and O–H groups in total. The molecule has 0 amide bonds. The Bertz CT molecular complexity index is 278. The third-order valence-electron chi connectivity index (χ3n) is 1.58. The minimum absolute atomic E-state index is 0.560. The molecule has 0 aliphatic carbocycles. The van der Waals surface area contributed by atoms with E-state index in [1.54, 1.807) is 18.2 Å². The van der Waals surface area contributed by atoms with Crippen molar-refractivity contribution in [2.75, 3.05) is 18.9 Å². The zero-order chi connectivity index (χ0) is 9.68. The first-order valence-electron chi connectivity index (χ1n) is 4.12. The van der Waals surface area contributed by atoms with Crippen molar-refractivity contribution in [1.82, 2.24) is 0 Å². The first-order chi connectivity index (χ1) is 6.24. The maximum atomic E-state index is 5.72. The van der Waals surface area contributed by atoms with Gasteiger partial charge < -0.3 is 16.2 Å². The van der Waals surface area contributed by atoms with E-state index in [2.05, 4.69) is 0 Å². The Kier molecular flexibility index (Phi) is 3.86. The minimum Gasteiger partial charge on any atom is -0.491 e. The molecular formula is C9H13ClN2O. The first kappa shape index (κ1) is 10.2. The van der Waals surface area contributed by atoms with Gasteiger partial charge in [0.15, 0.2) is 0 Å². The van der Waals surface area contributed by atoms with E-state index in [-0.39, 0.29) is 0 Å². The molecule has 1 aromatic carbocycles. The average molecular weight is 201 g/mol. The Hall–Kier alpha value is -0.930. The van der Waals surface area contributed by atoms with Gasteiger partial charge in [0, 0.05) is 5.02 Å². The van der Waals surface area contributed by atoms with E-state index in [0.717, 1.165) is 6.42 Å². The minimum atomic E-state index is 0.560. The van der Waals surface area contributed by atoms with E-state index >= 15 is 0 Å². The van der Waals surface area contributed by atoms with Gasteiger partial charge in [-0.2, -0.15) is 0 Å². The van der Waals surface area contributed by atoms with Crippen molar-refractivity contribution in [3.8, 4) is 5.75 Å². The van der Waals surface area contributed by atoms with Crippen LogP contribution in [-0.4, -0.2) is 13.2 Å². The fraction of sp³-hybridized carbons (Fsp3) is 0.333. The maximum Gasteiger partial charge on any atom is 0.142 e. The lowest BCUT2D eigenvalue weighted by Gasteiger charge is -2.07. The summed E-state index contributed by atoms with van der Waals surface area (Å²) < 4.78 is 5.37. The third kappa shape index (κ3) is 3.13. The van der Waals surface area contributed by atoms with Crippen molar-refractivity contribution in [2.45, 2.75) is 6.42 Å². The fourth-order valence-electron chi connectivity index (χ4n) is 0.916. The highest BCUT2D eigenvalue weighted by Gasteiger charge is 1.99. The van der Waals surface area contributed by atoms with Crippen molar-refractivity contribution in [2.24, 2.45) is 5.73 Å². The van der Waals surface area contributed by atoms with Gasteiger partial charge in [0.1, 0.15) is 5.75 Å². The van der Waals surface area contributed by atoms with E-state index in [9.17, 15) is 0 Å². The molecule has 0 unspecified atom stereocenters. The second kappa shape index (κ2) is 4.94. The molecule has 0 fully saturated rings. The van der Waals surface area contributed by atoms with Gasteiger partial charge in [-0.15, -0.1) is 0 Å². The number of ether oxygens (including phenoxy) is 1. The van der Waals surface area contributed by atoms with E-state index in [1.165, 1.54) is 0 Å². The smallest absolute Gasteiger partial charge is 0.142 e. The van der Waals surface area contributed by atoms with Crippen LogP contribution in [0, 0.1) is 0 Å². The van der Waals surface area contributed by atoms with Crippen molar-refractivity contribution < 1.29 is 4.74 Å². The number of halogens is 1. The molecule has 0 atom stereocenters. The molecule has 0 aliphatic heterocycles. The summed E-state index contributed by atoms with van der Waals surface area (Å²) in [6.45, 7) is 1.20. The Balaban J connectivity index is 2.56. The molecule has 4 heteroatoms. The monoisotopic (exact) mass is 200 g/mol. The van der Waals surface area contributed by atoms with Crippen LogP contribution in [-0.2, 0) is 0 Å². The highest BCUT2D eigenvalue weighted by molar-refractivity contribution is 6.30. The summed E-state index contributed by atoms with van der Waals surface area (Å²) in [7, 11) is 0. The van der Waals surface area contributed by atoms with Crippen LogP contribution in [0.5, 0.6) is 5.75 Å². The highest BCUT2D eigenvalue weighted by Crippen LogP contribution is 2.24. The number of nitrogen functional groups attached to an aromatic ring is 1. The summed E-state index contributed by atoms with van der Waals surface area (Å²) in [5.41, 5.74) is 11.5. The van der Waals surface area contributed by atoms with Crippen LogP contribution >= 0.6 is 11.6 Å². The molecular weight excluding hydrogens is 188 g/mol. The zero-order valence-corrected chi connectivity index (χ0v) is 8.05. The predicted molar refractivity (Wildman–Crippen MR) is 55.0 cm³/mol. The second-order valence-electron chi connectivity index (χ2n) is 2.67. The van der Waals surface area contributed by atoms with Gasteiger partial charge in [-0.1, -0.05) is 11.6 Å². The van der Waals surface area contributed by atoms with E-state index < -0.39 is 0 Å². The number of anilines is 1. The molecule has 0 spiro atoms. The Morgan fingerprint density at radius 3 is 2.77 bits per heavy atom. The first-order valence-corrected chi connectivity index (χ1v) is 4.49. The second-order valence-corrected chi connectivity index (χ2v) is 3.11. The lowest BCUT2D eigenvalue weighted by molar-refractivity contribution is 0.315. The van der Waals surface area contributed by atoms with Crippen molar-refractivity contribution in [3.63, 3.8) is 0 Å². The van der Waals surface area contributed by atoms with Gasteiger partial charge >= 0.3 is 0 Å². The summed E-state index contributed by atoms with van der Waals surface area (Å²) in [6.07, 6.45) is 0.821. The number of nitrogens with two attached hydrogens (primary N) is 2. The van der Waals surface area contributed by atoms with Crippen molar-refractivity contribution in [3.05, 3.63) is 23.2 Å². The van der Waals surface area contributed by atoms with Gasteiger partial charge in [0.25, 0.3) is 0 Å². The summed E-state index contributed by atoms with van der Waals surface area (Å²) in [5, 5.41) is 0.615. The lowest BCUT2D eigenvalue weighted by Crippen LogP contribution is -2.07. The van der Waals surface area contributed by atoms with Crippen molar-refractivity contribution in [1.29, 1.82) is 0 Å². The standard InChI is InChI=1S/C9H13ClN2O/c10-7-2-3-9(8(12)6-7)13-5-1-4-11/h2-3,6H,1,4-5,11-12H2. The van der Waals surface area contributed by atoms with Gasteiger partial charge in [-0.05, 0) is 31.2 Å². The van der Waals surface area contributed by atoms with Crippen LogP contribution in [0.4, 0.5) is 5.69 Å². The molecule has 1 aromatic rings. The molecule has 0 saturated carbocycles. The topological polar surface area (TPSA) is 61.3 Å². The van der Waals surface area contributed by atoms with Gasteiger partial charge in [0.2, 0.25) is 0 Å². The molecule has 3 nitrogen and oxygen atoms in total. The molecule has 0 bridgehead atoms. The molecule has 72 valence electrons. The fourth-order valence-corrected chi connectivity index (χ4v) is 1.10. The molecule has 0 heterocycles. The summed E-state index contributed by atoms with van der Waals surface area (Å²) in [4.78, 5) is 0. The van der Waals surface area contributed by atoms with Crippen LogP contribution in [0.15, 0.2) is 18.2 Å². The Morgan fingerprint density at radius 1 is 1.38 bits per heavy atom. The lowest BCUT2D eigenvalue weighted by atomic mass is 10.3. The Morgan fingerprint density at radius 2 is 2.15 bits per heavy atom. The van der Waals surface area contributed by atoms with Crippen LogP contribution in [0.1, 0.15) is 6.42 Å². The molecule has 0 aliphatic rings. The average Bonchev–Trinajstić information content (AvgIpc) is 2.09. The molecule has 0 radical (unpaired) electrons. The summed E-state index contributed by atoms with van der Waals surface area (Å²) in [5.74, 6) is 0.665. The maximum absolute atomic E-state index is 5.72. The van der Waals surface area contributed by atoms with Crippen molar-refractivity contribution >= 4 is 17.3 Å². The number of hydrogen-bond acceptors (Lipinski definition) is 3. The zero-order valence-electron chi connectivity index (χ0n) is 7.29. The summed E-state index contributed by atoms with van der Waals surface area (Å²) >= 11 is 5.72. The quantitative estimate of drug-likeness (QED) is 0.574. The third-order valence-corrected chi connectivity index (χ3v) is 1.81. The molecule has 13 heavy (non-hydrogen) atoms. The number of rotatable bonds is 4. The van der Waals surface area contributed by atoms with Crippen LogP contribution in [0.3, 0.4) is 0 Å². The predicted octanol–water partition coefficient (Wildman–Crippen LogP) is 1.65. The normalized spacial score (nSPS) is 10.0. The van der Waals surface area contributed by atoms with Gasteiger partial charge in [-0.25, -0.2) is 0 Å². The van der Waals surface area contributed by atoms with Gasteiger partial charge in [-0.3, -0.25) is 0 Å². The van der Waals surface area contributed by atoms with E-state index in [4.69, 9.17) is 27.8 Å². The largest absolute Gasteiger partial charge is 0.491 e. The van der Waals surface area contributed by atoms with Crippen LogP contribution in [0.25, 0.3) is 0 Å².